The van der Waals surface area contributed by atoms with Gasteiger partial charge >= 0.3 is 6.09 Å². The van der Waals surface area contributed by atoms with Crippen LogP contribution in [0.15, 0.2) is 30.3 Å². The predicted molar refractivity (Wildman–Crippen MR) is 113 cm³/mol. The summed E-state index contributed by atoms with van der Waals surface area (Å²) in [7, 11) is 0. The van der Waals surface area contributed by atoms with Gasteiger partial charge in [0.05, 0.1) is 28.1 Å². The summed E-state index contributed by atoms with van der Waals surface area (Å²) in [6.45, 7) is 1.34. The largest absolute Gasteiger partial charge is 0.489 e. The molecule has 2 atom stereocenters. The number of nitrogens with one attached hydrogen (secondary N) is 1. The van der Waals surface area contributed by atoms with E-state index in [1.54, 1.807) is 40.1 Å². The molecule has 3 aliphatic heterocycles. The number of amides is 3. The highest BCUT2D eigenvalue weighted by molar-refractivity contribution is 7.18. The van der Waals surface area contributed by atoms with Crippen LogP contribution < -0.4 is 19.9 Å². The molecule has 0 unspecified atom stereocenters. The van der Waals surface area contributed by atoms with Crippen molar-refractivity contribution in [3.05, 3.63) is 39.5 Å². The molecule has 1 aromatic carbocycles. The van der Waals surface area contributed by atoms with Crippen LogP contribution in [0.5, 0.6) is 5.75 Å². The van der Waals surface area contributed by atoms with Crippen molar-refractivity contribution in [1.82, 2.24) is 5.32 Å². The second-order valence-electron chi connectivity index (χ2n) is 7.23. The van der Waals surface area contributed by atoms with Gasteiger partial charge in [0.2, 0.25) is 0 Å². The summed E-state index contributed by atoms with van der Waals surface area (Å²) in [4.78, 5) is 40.6. The van der Waals surface area contributed by atoms with Crippen LogP contribution in [0.1, 0.15) is 9.67 Å². The molecule has 2 fully saturated rings. The Morgan fingerprint density at radius 2 is 2.13 bits per heavy atom. The first kappa shape index (κ1) is 20.1. The van der Waals surface area contributed by atoms with E-state index in [2.05, 4.69) is 5.32 Å². The van der Waals surface area contributed by atoms with Gasteiger partial charge in [-0.25, -0.2) is 4.79 Å². The number of halogens is 1. The number of morpholine rings is 1. The third kappa shape index (κ3) is 3.71. The Balaban J connectivity index is 1.30. The minimum Gasteiger partial charge on any atom is -0.489 e. The lowest BCUT2D eigenvalue weighted by Crippen LogP contribution is -2.48. The molecular weight excluding hydrogens is 446 g/mol. The van der Waals surface area contributed by atoms with Gasteiger partial charge in [-0.05, 0) is 24.3 Å². The Labute approximate surface area is 186 Å². The van der Waals surface area contributed by atoms with Crippen LogP contribution in [0.2, 0.25) is 4.34 Å². The third-order valence-corrected chi connectivity index (χ3v) is 6.61. The van der Waals surface area contributed by atoms with Crippen molar-refractivity contribution in [2.45, 2.75) is 12.1 Å². The van der Waals surface area contributed by atoms with Gasteiger partial charge < -0.3 is 24.4 Å². The van der Waals surface area contributed by atoms with Crippen molar-refractivity contribution >= 4 is 52.2 Å². The number of cyclic esters (lactones) is 1. The molecule has 0 spiro atoms. The van der Waals surface area contributed by atoms with Crippen LogP contribution in [0.4, 0.5) is 16.2 Å². The van der Waals surface area contributed by atoms with Gasteiger partial charge in [-0.2, -0.15) is 0 Å². The quantitative estimate of drug-likeness (QED) is 0.747. The zero-order chi connectivity index (χ0) is 21.5. The lowest BCUT2D eigenvalue weighted by Gasteiger charge is -2.33. The van der Waals surface area contributed by atoms with Crippen LogP contribution in [-0.2, 0) is 14.3 Å². The van der Waals surface area contributed by atoms with E-state index in [4.69, 9.17) is 25.8 Å². The molecule has 0 saturated carbocycles. The Morgan fingerprint density at radius 1 is 1.26 bits per heavy atom. The fraction of sp³-hybridized carbons (Fsp3) is 0.350. The van der Waals surface area contributed by atoms with Gasteiger partial charge in [0, 0.05) is 18.3 Å². The normalized spacial score (nSPS) is 22.5. The molecular formula is C20H18ClN3O6S. The minimum atomic E-state index is -0.555. The summed E-state index contributed by atoms with van der Waals surface area (Å²) in [5.74, 6) is 0.106. The number of hydrogen-bond donors (Lipinski definition) is 1. The number of nitrogens with zero attached hydrogens (tertiary/aromatic N) is 2. The lowest BCUT2D eigenvalue weighted by atomic mass is 10.1. The molecule has 5 rings (SSSR count). The SMILES string of the molecule is O=C(NC[C@@H]1OC(=O)N2c3ccc(N4CCOCC4=O)cc3OC[C@H]12)c1ccc(Cl)s1. The van der Waals surface area contributed by atoms with E-state index in [1.807, 2.05) is 0 Å². The molecule has 162 valence electrons. The van der Waals surface area contributed by atoms with E-state index in [9.17, 15) is 14.4 Å². The highest BCUT2D eigenvalue weighted by atomic mass is 35.5. The van der Waals surface area contributed by atoms with Crippen LogP contribution in [0.3, 0.4) is 0 Å². The zero-order valence-electron chi connectivity index (χ0n) is 16.2. The maximum absolute atomic E-state index is 12.6. The van der Waals surface area contributed by atoms with E-state index < -0.39 is 12.2 Å². The Kier molecular flexibility index (Phi) is 5.20. The van der Waals surface area contributed by atoms with Crippen LogP contribution >= 0.6 is 22.9 Å². The number of carbonyl (C=O) groups excluding carboxylic acids is 3. The van der Waals surface area contributed by atoms with Crippen molar-refractivity contribution in [3.8, 4) is 5.75 Å². The topological polar surface area (TPSA) is 97.4 Å². The van der Waals surface area contributed by atoms with Crippen molar-refractivity contribution in [3.63, 3.8) is 0 Å². The van der Waals surface area contributed by atoms with Gasteiger partial charge in [0.25, 0.3) is 11.8 Å². The second-order valence-corrected chi connectivity index (χ2v) is 8.95. The van der Waals surface area contributed by atoms with Crippen molar-refractivity contribution < 1.29 is 28.6 Å². The summed E-state index contributed by atoms with van der Waals surface area (Å²) in [6.07, 6.45) is -1.05. The summed E-state index contributed by atoms with van der Waals surface area (Å²) in [5, 5.41) is 2.79. The van der Waals surface area contributed by atoms with Gasteiger partial charge in [0.1, 0.15) is 31.1 Å². The Bertz CT molecular complexity index is 1060. The maximum atomic E-state index is 12.6. The molecule has 9 nitrogen and oxygen atoms in total. The van der Waals surface area contributed by atoms with Gasteiger partial charge in [0.15, 0.2) is 0 Å². The second kappa shape index (κ2) is 8.03. The molecule has 1 aromatic heterocycles. The molecule has 4 heterocycles. The highest BCUT2D eigenvalue weighted by Gasteiger charge is 2.46. The molecule has 0 bridgehead atoms. The number of carbonyl (C=O) groups is 3. The Morgan fingerprint density at radius 3 is 2.90 bits per heavy atom. The van der Waals surface area contributed by atoms with Crippen molar-refractivity contribution in [2.75, 3.05) is 42.7 Å². The molecule has 1 N–H and O–H groups in total. The third-order valence-electron chi connectivity index (χ3n) is 5.38. The molecule has 0 aliphatic carbocycles. The average Bonchev–Trinajstić information content (AvgIpc) is 3.35. The fourth-order valence-corrected chi connectivity index (χ4v) is 4.83. The number of ether oxygens (including phenoxy) is 3. The molecule has 0 radical (unpaired) electrons. The molecule has 2 aromatic rings. The molecule has 11 heteroatoms. The van der Waals surface area contributed by atoms with E-state index in [-0.39, 0.29) is 37.6 Å². The fourth-order valence-electron chi connectivity index (χ4n) is 3.87. The number of thiophene rings is 1. The predicted octanol–water partition coefficient (Wildman–Crippen LogP) is 2.28. The molecule has 3 amide bonds. The summed E-state index contributed by atoms with van der Waals surface area (Å²) in [5.41, 5.74) is 1.26. The first-order chi connectivity index (χ1) is 15.0. The number of benzene rings is 1. The molecule has 31 heavy (non-hydrogen) atoms. The summed E-state index contributed by atoms with van der Waals surface area (Å²) in [6, 6.07) is 8.20. The van der Waals surface area contributed by atoms with E-state index >= 15 is 0 Å². The van der Waals surface area contributed by atoms with Gasteiger partial charge in [-0.3, -0.25) is 14.5 Å². The van der Waals surface area contributed by atoms with E-state index in [0.29, 0.717) is 39.5 Å². The van der Waals surface area contributed by atoms with Gasteiger partial charge in [-0.1, -0.05) is 11.6 Å². The molecule has 3 aliphatic rings. The number of fused-ring (bicyclic) bond motifs is 3. The van der Waals surface area contributed by atoms with Crippen LogP contribution in [0.25, 0.3) is 0 Å². The maximum Gasteiger partial charge on any atom is 0.415 e. The Hall–Kier alpha value is -2.82. The summed E-state index contributed by atoms with van der Waals surface area (Å²) >= 11 is 7.06. The number of hydrogen-bond acceptors (Lipinski definition) is 7. The zero-order valence-corrected chi connectivity index (χ0v) is 17.8. The van der Waals surface area contributed by atoms with Crippen molar-refractivity contribution in [2.24, 2.45) is 0 Å². The number of anilines is 2. The standard InChI is InChI=1S/C20H18ClN3O6S/c21-17-4-3-16(31-17)19(26)22-8-15-13-9-29-14-7-11(23-5-6-28-10-18(23)25)1-2-12(14)24(13)20(27)30-15/h1-4,7,13,15H,5-6,8-10H2,(H,22,26)/t13-,15+/m1/s1. The first-order valence-corrected chi connectivity index (χ1v) is 10.9. The minimum absolute atomic E-state index is 0.0452. The van der Waals surface area contributed by atoms with E-state index in [1.165, 1.54) is 11.3 Å². The summed E-state index contributed by atoms with van der Waals surface area (Å²) < 4.78 is 17.1. The smallest absolute Gasteiger partial charge is 0.415 e. The number of rotatable bonds is 4. The van der Waals surface area contributed by atoms with Crippen LogP contribution in [0, 0.1) is 0 Å². The van der Waals surface area contributed by atoms with Crippen LogP contribution in [-0.4, -0.2) is 63.0 Å². The lowest BCUT2D eigenvalue weighted by molar-refractivity contribution is -0.125. The highest BCUT2D eigenvalue weighted by Crippen LogP contribution is 2.41. The van der Waals surface area contributed by atoms with Gasteiger partial charge in [-0.15, -0.1) is 11.3 Å². The average molecular weight is 464 g/mol. The first-order valence-electron chi connectivity index (χ1n) is 9.69. The van der Waals surface area contributed by atoms with Crippen molar-refractivity contribution in [1.29, 1.82) is 0 Å². The van der Waals surface area contributed by atoms with E-state index in [0.717, 1.165) is 0 Å². The molecule has 2 saturated heterocycles. The monoisotopic (exact) mass is 463 g/mol.